The minimum atomic E-state index is -1.56. The van der Waals surface area contributed by atoms with E-state index >= 15 is 0 Å². The highest BCUT2D eigenvalue weighted by Gasteiger charge is 2.39. The second-order valence-corrected chi connectivity index (χ2v) is 21.0. The first-order chi connectivity index (χ1) is 12.2. The minimum Gasteiger partial charge on any atom is -0.246 e. The van der Waals surface area contributed by atoms with Crippen LogP contribution in [0.25, 0.3) is 5.69 Å². The number of H-pyrrole nitrogens is 1. The summed E-state index contributed by atoms with van der Waals surface area (Å²) in [5, 5.41) is 2.83. The Morgan fingerprint density at radius 2 is 1.59 bits per heavy atom. The van der Waals surface area contributed by atoms with Crippen LogP contribution in [0.15, 0.2) is 52.1 Å². The van der Waals surface area contributed by atoms with Crippen LogP contribution in [0.3, 0.4) is 0 Å². The maximum atomic E-state index is 13.3. The highest BCUT2D eigenvalue weighted by Crippen LogP contribution is 2.36. The van der Waals surface area contributed by atoms with Crippen LogP contribution >= 0.6 is 0 Å². The van der Waals surface area contributed by atoms with Gasteiger partial charge in [-0.3, -0.25) is 0 Å². The van der Waals surface area contributed by atoms with Crippen molar-refractivity contribution in [3.05, 3.63) is 63.5 Å². The first kappa shape index (κ1) is 21.4. The number of rotatable bonds is 7. The van der Waals surface area contributed by atoms with Gasteiger partial charge in [0.05, 0.1) is 11.2 Å². The standard InChI is InChI=1S/C20H33N3O2Si2/c1-16(14-26(3,4)5)20(2,15-27(6,7)8)23-19(25)22(18(24)21-23)17-12-10-9-11-13-17/h9-13H,1,14-15H2,2-8H3,(H,21,24). The second-order valence-electron chi connectivity index (χ2n) is 10.1. The van der Waals surface area contributed by atoms with Crippen LogP contribution in [0, 0.1) is 0 Å². The lowest BCUT2D eigenvalue weighted by Gasteiger charge is -2.38. The largest absolute Gasteiger partial charge is 0.352 e. The van der Waals surface area contributed by atoms with E-state index in [-0.39, 0.29) is 5.69 Å². The summed E-state index contributed by atoms with van der Waals surface area (Å²) in [5.74, 6) is 0. The van der Waals surface area contributed by atoms with Crippen molar-refractivity contribution in [1.82, 2.24) is 14.3 Å². The Balaban J connectivity index is 2.66. The van der Waals surface area contributed by atoms with Crippen molar-refractivity contribution in [2.75, 3.05) is 0 Å². The SMILES string of the molecule is C=C(C[Si](C)(C)C)C(C)(C[Si](C)(C)C)n1[nH]c(=O)n(-c2ccccc2)c1=O. The lowest BCUT2D eigenvalue weighted by Crippen LogP contribution is -2.46. The van der Waals surface area contributed by atoms with E-state index in [0.717, 1.165) is 17.7 Å². The van der Waals surface area contributed by atoms with E-state index in [9.17, 15) is 9.59 Å². The van der Waals surface area contributed by atoms with Crippen LogP contribution < -0.4 is 11.4 Å². The van der Waals surface area contributed by atoms with Crippen molar-refractivity contribution in [2.45, 2.75) is 63.8 Å². The summed E-state index contributed by atoms with van der Waals surface area (Å²) < 4.78 is 2.74. The molecule has 2 rings (SSSR count). The topological polar surface area (TPSA) is 59.8 Å². The fraction of sp³-hybridized carbons (Fsp3) is 0.500. The molecule has 0 radical (unpaired) electrons. The molecule has 2 aromatic rings. The number of aromatic nitrogens is 3. The summed E-state index contributed by atoms with van der Waals surface area (Å²) >= 11 is 0. The van der Waals surface area contributed by atoms with Gasteiger partial charge in [-0.1, -0.05) is 69.6 Å². The summed E-state index contributed by atoms with van der Waals surface area (Å²) in [5.41, 5.74) is 0.278. The molecular formula is C20H33N3O2Si2. The molecule has 27 heavy (non-hydrogen) atoms. The molecule has 1 atom stereocenters. The molecule has 0 aliphatic rings. The highest BCUT2D eigenvalue weighted by molar-refractivity contribution is 6.77. The Morgan fingerprint density at radius 3 is 2.07 bits per heavy atom. The van der Waals surface area contributed by atoms with Gasteiger partial charge in [-0.05, 0) is 31.1 Å². The summed E-state index contributed by atoms with van der Waals surface area (Å²) in [7, 11) is -2.99. The number of aromatic amines is 1. The zero-order valence-electron chi connectivity index (χ0n) is 17.7. The van der Waals surface area contributed by atoms with Crippen molar-refractivity contribution in [2.24, 2.45) is 0 Å². The Hall–Kier alpha value is -1.87. The average molecular weight is 404 g/mol. The molecule has 0 spiro atoms. The first-order valence-corrected chi connectivity index (χ1v) is 16.8. The molecule has 1 unspecified atom stereocenters. The fourth-order valence-electron chi connectivity index (χ4n) is 3.74. The molecule has 0 aliphatic heterocycles. The van der Waals surface area contributed by atoms with E-state index in [4.69, 9.17) is 0 Å². The Morgan fingerprint density at radius 1 is 1.04 bits per heavy atom. The van der Waals surface area contributed by atoms with Gasteiger partial charge in [0.15, 0.2) is 0 Å². The summed E-state index contributed by atoms with van der Waals surface area (Å²) in [4.78, 5) is 25.9. The van der Waals surface area contributed by atoms with Crippen molar-refractivity contribution in [1.29, 1.82) is 0 Å². The summed E-state index contributed by atoms with van der Waals surface area (Å²) in [6, 6.07) is 10.8. The van der Waals surface area contributed by atoms with Crippen LogP contribution in [-0.4, -0.2) is 30.5 Å². The predicted molar refractivity (Wildman–Crippen MR) is 120 cm³/mol. The number of allylic oxidation sites excluding steroid dienone is 1. The lowest BCUT2D eigenvalue weighted by molar-refractivity contribution is 0.362. The zero-order valence-corrected chi connectivity index (χ0v) is 19.7. The van der Waals surface area contributed by atoms with Gasteiger partial charge < -0.3 is 0 Å². The highest BCUT2D eigenvalue weighted by atomic mass is 28.3. The number of nitrogens with one attached hydrogen (secondary N) is 1. The van der Waals surface area contributed by atoms with E-state index in [1.807, 2.05) is 18.2 Å². The van der Waals surface area contributed by atoms with Crippen LogP contribution in [0.1, 0.15) is 6.92 Å². The predicted octanol–water partition coefficient (Wildman–Crippen LogP) is 4.28. The van der Waals surface area contributed by atoms with E-state index < -0.39 is 27.4 Å². The van der Waals surface area contributed by atoms with Gasteiger partial charge in [0.25, 0.3) is 0 Å². The number of benzene rings is 1. The van der Waals surface area contributed by atoms with Crippen LogP contribution in [0.2, 0.25) is 51.4 Å². The maximum Gasteiger partial charge on any atom is 0.352 e. The molecule has 1 N–H and O–H groups in total. The maximum absolute atomic E-state index is 13.3. The molecule has 0 bridgehead atoms. The van der Waals surface area contributed by atoms with Crippen molar-refractivity contribution in [3.8, 4) is 5.69 Å². The molecule has 1 aromatic heterocycles. The van der Waals surface area contributed by atoms with Gasteiger partial charge in [-0.15, -0.1) is 0 Å². The second kappa shape index (κ2) is 7.28. The third-order valence-corrected chi connectivity index (χ3v) is 7.92. The molecule has 1 heterocycles. The molecule has 0 saturated carbocycles. The molecule has 1 aromatic carbocycles. The molecule has 0 amide bonds. The Labute approximate surface area is 163 Å². The molecule has 0 saturated heterocycles. The molecule has 0 fully saturated rings. The molecular weight excluding hydrogens is 370 g/mol. The zero-order chi connectivity index (χ0) is 20.6. The van der Waals surface area contributed by atoms with Gasteiger partial charge in [0, 0.05) is 16.1 Å². The van der Waals surface area contributed by atoms with Crippen molar-refractivity contribution < 1.29 is 0 Å². The lowest BCUT2D eigenvalue weighted by atomic mass is 9.97. The number of hydrogen-bond donors (Lipinski definition) is 1. The molecule has 0 aliphatic carbocycles. The molecule has 148 valence electrons. The van der Waals surface area contributed by atoms with Crippen LogP contribution in [-0.2, 0) is 5.54 Å². The van der Waals surface area contributed by atoms with Crippen molar-refractivity contribution in [3.63, 3.8) is 0 Å². The quantitative estimate of drug-likeness (QED) is 0.554. The van der Waals surface area contributed by atoms with Crippen LogP contribution in [0.4, 0.5) is 0 Å². The Bertz CT molecular complexity index is 927. The third kappa shape index (κ3) is 4.90. The van der Waals surface area contributed by atoms with E-state index in [1.54, 1.807) is 12.1 Å². The summed E-state index contributed by atoms with van der Waals surface area (Å²) in [6.07, 6.45) is 0. The first-order valence-electron chi connectivity index (χ1n) is 9.43. The van der Waals surface area contributed by atoms with Crippen LogP contribution in [0.5, 0.6) is 0 Å². The van der Waals surface area contributed by atoms with Gasteiger partial charge in [0.1, 0.15) is 0 Å². The normalized spacial score (nSPS) is 14.8. The van der Waals surface area contributed by atoms with E-state index in [1.165, 1.54) is 9.25 Å². The fourth-order valence-corrected chi connectivity index (χ4v) is 7.88. The van der Waals surface area contributed by atoms with Gasteiger partial charge in [-0.2, -0.15) is 0 Å². The monoisotopic (exact) mass is 403 g/mol. The molecule has 5 nitrogen and oxygen atoms in total. The average Bonchev–Trinajstić information content (AvgIpc) is 2.80. The number of para-hydroxylation sites is 1. The number of hydrogen-bond acceptors (Lipinski definition) is 2. The van der Waals surface area contributed by atoms with Crippen molar-refractivity contribution >= 4 is 16.1 Å². The number of nitrogens with zero attached hydrogens (tertiary/aromatic N) is 2. The van der Waals surface area contributed by atoms with Gasteiger partial charge in [0.2, 0.25) is 0 Å². The van der Waals surface area contributed by atoms with E-state index in [2.05, 4.69) is 57.9 Å². The molecule has 7 heteroatoms. The smallest absolute Gasteiger partial charge is 0.246 e. The third-order valence-electron chi connectivity index (χ3n) is 4.68. The van der Waals surface area contributed by atoms with Gasteiger partial charge in [-0.25, -0.2) is 23.9 Å². The Kier molecular flexibility index (Phi) is 5.78. The minimum absolute atomic E-state index is 0.330. The van der Waals surface area contributed by atoms with Gasteiger partial charge >= 0.3 is 11.4 Å². The summed E-state index contributed by atoms with van der Waals surface area (Å²) in [6.45, 7) is 20.2. The van der Waals surface area contributed by atoms with E-state index in [0.29, 0.717) is 5.69 Å².